The molecular weight excluding hydrogens is 396 g/mol. The van der Waals surface area contributed by atoms with E-state index in [2.05, 4.69) is 63.7 Å². The third-order valence-electron chi connectivity index (χ3n) is 1.32. The van der Waals surface area contributed by atoms with Crippen LogP contribution in [0.2, 0.25) is 0 Å². The molecule has 0 unspecified atom stereocenters. The maximum atomic E-state index is 9.49. The quantitative estimate of drug-likeness (QED) is 0.699. The molecule has 0 radical (unpaired) electrons. The third kappa shape index (κ3) is 2.73. The van der Waals surface area contributed by atoms with Gasteiger partial charge in [0.25, 0.3) is 0 Å². The number of alkyl halides is 4. The summed E-state index contributed by atoms with van der Waals surface area (Å²) in [5, 5.41) is 9.49. The second kappa shape index (κ2) is 3.73. The molecule has 0 fully saturated rings. The Bertz CT molecular complexity index is 115. The molecule has 1 N–H and O–H groups in total. The number of aliphatic hydroxyl groups is 1. The number of halogens is 4. The van der Waals surface area contributed by atoms with E-state index in [1.807, 2.05) is 13.8 Å². The lowest BCUT2D eigenvalue weighted by molar-refractivity contribution is 0.124. The molecule has 0 rings (SSSR count). The summed E-state index contributed by atoms with van der Waals surface area (Å²) in [5.74, 6) is 0. The van der Waals surface area contributed by atoms with Crippen LogP contribution in [-0.2, 0) is 0 Å². The van der Waals surface area contributed by atoms with Crippen molar-refractivity contribution < 1.29 is 5.11 Å². The Balaban J connectivity index is 4.40. The molecule has 0 aliphatic heterocycles. The summed E-state index contributed by atoms with van der Waals surface area (Å²) in [7, 11) is 0. The zero-order chi connectivity index (χ0) is 8.58. The van der Waals surface area contributed by atoms with E-state index in [1.165, 1.54) is 0 Å². The highest BCUT2D eigenvalue weighted by molar-refractivity contribution is 9.26. The summed E-state index contributed by atoms with van der Waals surface area (Å²) in [6, 6.07) is 0. The molecule has 0 aromatic heterocycles. The van der Waals surface area contributed by atoms with Crippen LogP contribution >= 0.6 is 63.7 Å². The van der Waals surface area contributed by atoms with Gasteiger partial charge >= 0.3 is 0 Å². The van der Waals surface area contributed by atoms with Crippen molar-refractivity contribution in [2.45, 2.75) is 21.0 Å². The van der Waals surface area contributed by atoms with Gasteiger partial charge in [-0.2, -0.15) is 0 Å². The van der Waals surface area contributed by atoms with Gasteiger partial charge in [-0.15, -0.1) is 0 Å². The van der Waals surface area contributed by atoms with Crippen molar-refractivity contribution in [2.24, 2.45) is 5.41 Å². The lowest BCUT2D eigenvalue weighted by atomic mass is 9.98. The summed E-state index contributed by atoms with van der Waals surface area (Å²) in [5.41, 5.74) is -0.340. The summed E-state index contributed by atoms with van der Waals surface area (Å²) < 4.78 is -1.01. The summed E-state index contributed by atoms with van der Waals surface area (Å²) in [4.78, 5) is 0. The van der Waals surface area contributed by atoms with Crippen LogP contribution in [0.5, 0.6) is 0 Å². The first-order chi connectivity index (χ1) is 4.19. The van der Waals surface area contributed by atoms with E-state index in [-0.39, 0.29) is 9.15 Å². The first kappa shape index (κ1) is 11.9. The predicted molar refractivity (Wildman–Crippen MR) is 58.2 cm³/mol. The minimum absolute atomic E-state index is 0.0382. The van der Waals surface area contributed by atoms with E-state index in [0.717, 1.165) is 0 Å². The monoisotopic (exact) mass is 400 g/mol. The van der Waals surface area contributed by atoms with Gasteiger partial charge < -0.3 is 5.11 Å². The molecule has 10 heavy (non-hydrogen) atoms. The van der Waals surface area contributed by atoms with Crippen LogP contribution in [0.25, 0.3) is 0 Å². The topological polar surface area (TPSA) is 20.2 Å². The van der Waals surface area contributed by atoms with E-state index in [1.54, 1.807) is 0 Å². The van der Waals surface area contributed by atoms with Crippen LogP contribution in [0, 0.1) is 5.41 Å². The zero-order valence-electron chi connectivity index (χ0n) is 5.54. The summed E-state index contributed by atoms with van der Waals surface area (Å²) in [6.45, 7) is 3.81. The third-order valence-corrected chi connectivity index (χ3v) is 5.65. The van der Waals surface area contributed by atoms with Gasteiger partial charge in [-0.3, -0.25) is 0 Å². The van der Waals surface area contributed by atoms with Gasteiger partial charge in [0.05, 0.1) is 3.74 Å². The molecule has 0 bridgehead atoms. The predicted octanol–water partition coefficient (Wildman–Crippen LogP) is 3.56. The van der Waals surface area contributed by atoms with Gasteiger partial charge in [0.15, 0.2) is 3.42 Å². The molecule has 0 aliphatic carbocycles. The van der Waals surface area contributed by atoms with Gasteiger partial charge in [0.2, 0.25) is 0 Å². The maximum Gasteiger partial charge on any atom is 0.181 e. The SMILES string of the molecule is CC(C)(C(Br)Br)C(O)(Br)Br. The molecule has 0 saturated heterocycles. The van der Waals surface area contributed by atoms with Crippen molar-refractivity contribution in [2.75, 3.05) is 0 Å². The Morgan fingerprint density at radius 2 is 1.50 bits per heavy atom. The molecule has 0 heterocycles. The van der Waals surface area contributed by atoms with Crippen LogP contribution in [0.15, 0.2) is 0 Å². The molecular formula is C5H8Br4O. The first-order valence-electron chi connectivity index (χ1n) is 2.58. The molecule has 0 atom stereocenters. The lowest BCUT2D eigenvalue weighted by Crippen LogP contribution is -2.37. The molecule has 0 aliphatic rings. The van der Waals surface area contributed by atoms with Crippen LogP contribution < -0.4 is 0 Å². The van der Waals surface area contributed by atoms with Gasteiger partial charge in [0, 0.05) is 5.41 Å². The Labute approximate surface area is 94.5 Å². The Hall–Kier alpha value is 1.88. The highest BCUT2D eigenvalue weighted by Crippen LogP contribution is 2.48. The van der Waals surface area contributed by atoms with E-state index in [0.29, 0.717) is 0 Å². The average molecular weight is 404 g/mol. The normalized spacial score (nSPS) is 14.4. The van der Waals surface area contributed by atoms with Crippen LogP contribution in [0.1, 0.15) is 13.8 Å². The molecule has 0 spiro atoms. The minimum Gasteiger partial charge on any atom is -0.369 e. The first-order valence-corrected chi connectivity index (χ1v) is 5.99. The van der Waals surface area contributed by atoms with Crippen LogP contribution in [0.3, 0.4) is 0 Å². The van der Waals surface area contributed by atoms with Gasteiger partial charge in [-0.25, -0.2) is 0 Å². The van der Waals surface area contributed by atoms with Crippen molar-refractivity contribution in [1.29, 1.82) is 0 Å². The van der Waals surface area contributed by atoms with E-state index in [9.17, 15) is 5.11 Å². The highest BCUT2D eigenvalue weighted by Gasteiger charge is 2.43. The van der Waals surface area contributed by atoms with Gasteiger partial charge in [-0.05, 0) is 31.9 Å². The van der Waals surface area contributed by atoms with Crippen molar-refractivity contribution in [3.63, 3.8) is 0 Å². The second-order valence-electron chi connectivity index (χ2n) is 2.56. The standard InChI is InChI=1S/C5H8Br4O/c1-4(2,3(6)7)5(8,9)10/h3,10H,1-2H3. The smallest absolute Gasteiger partial charge is 0.181 e. The minimum atomic E-state index is -1.05. The van der Waals surface area contributed by atoms with Crippen molar-refractivity contribution in [3.05, 3.63) is 0 Å². The molecule has 0 amide bonds. The van der Waals surface area contributed by atoms with Crippen molar-refractivity contribution in [3.8, 4) is 0 Å². The Morgan fingerprint density at radius 1 is 1.20 bits per heavy atom. The molecule has 1 nitrogen and oxygen atoms in total. The number of hydrogen-bond acceptors (Lipinski definition) is 1. The fourth-order valence-corrected chi connectivity index (χ4v) is 2.48. The molecule has 0 saturated carbocycles. The molecule has 0 aromatic carbocycles. The van der Waals surface area contributed by atoms with Crippen molar-refractivity contribution in [1.82, 2.24) is 0 Å². The van der Waals surface area contributed by atoms with E-state index in [4.69, 9.17) is 0 Å². The van der Waals surface area contributed by atoms with Gasteiger partial charge in [0.1, 0.15) is 0 Å². The van der Waals surface area contributed by atoms with Crippen molar-refractivity contribution >= 4 is 63.7 Å². The maximum absolute atomic E-state index is 9.49. The van der Waals surface area contributed by atoms with E-state index < -0.39 is 3.42 Å². The summed E-state index contributed by atoms with van der Waals surface area (Å²) >= 11 is 12.9. The number of rotatable bonds is 2. The second-order valence-corrected chi connectivity index (χ2v) is 8.98. The molecule has 5 heteroatoms. The average Bonchev–Trinajstić information content (AvgIpc) is 1.62. The lowest BCUT2D eigenvalue weighted by Gasteiger charge is -2.35. The number of hydrogen-bond donors (Lipinski definition) is 1. The highest BCUT2D eigenvalue weighted by atomic mass is 79.9. The molecule has 0 aromatic rings. The summed E-state index contributed by atoms with van der Waals surface area (Å²) in [6.07, 6.45) is 0. The van der Waals surface area contributed by atoms with E-state index >= 15 is 0 Å². The Kier molecular flexibility index (Phi) is 4.43. The zero-order valence-corrected chi connectivity index (χ0v) is 11.9. The van der Waals surface area contributed by atoms with Gasteiger partial charge in [-0.1, -0.05) is 45.7 Å². The van der Waals surface area contributed by atoms with Crippen LogP contribution in [0.4, 0.5) is 0 Å². The largest absolute Gasteiger partial charge is 0.369 e. The Morgan fingerprint density at radius 3 is 1.50 bits per heavy atom. The molecule has 62 valence electrons. The fourth-order valence-electron chi connectivity index (χ4n) is 0.131. The fraction of sp³-hybridized carbons (Fsp3) is 1.00. The van der Waals surface area contributed by atoms with Crippen LogP contribution in [-0.4, -0.2) is 12.3 Å².